The lowest BCUT2D eigenvalue weighted by molar-refractivity contribution is 0.1000. The molecule has 5 aromatic rings. The van der Waals surface area contributed by atoms with Gasteiger partial charge in [0.25, 0.3) is 5.91 Å². The molecule has 0 radical (unpaired) electrons. The van der Waals surface area contributed by atoms with Crippen LogP contribution in [0.5, 0.6) is 0 Å². The first-order valence-electron chi connectivity index (χ1n) is 10.5. The number of carbonyl (C=O) groups is 1. The zero-order valence-electron chi connectivity index (χ0n) is 17.4. The second-order valence-corrected chi connectivity index (χ2v) is 7.35. The lowest BCUT2D eigenvalue weighted by atomic mass is 10.1. The van der Waals surface area contributed by atoms with E-state index in [0.29, 0.717) is 11.3 Å². The highest BCUT2D eigenvalue weighted by molar-refractivity contribution is 6.13. The van der Waals surface area contributed by atoms with Crippen LogP contribution in [0.4, 0.5) is 11.4 Å². The third kappa shape index (κ3) is 3.82. The fraction of sp³-hybridized carbons (Fsp3) is 0. The summed E-state index contributed by atoms with van der Waals surface area (Å²) < 4.78 is 1.77. The predicted octanol–water partition coefficient (Wildman–Crippen LogP) is 6.52. The molecule has 0 bridgehead atoms. The average molecular weight is 415 g/mol. The van der Waals surface area contributed by atoms with Crippen molar-refractivity contribution >= 4 is 17.3 Å². The number of hydrogen-bond acceptors (Lipinski definition) is 2. The van der Waals surface area contributed by atoms with E-state index in [1.807, 2.05) is 128 Å². The van der Waals surface area contributed by atoms with E-state index in [1.165, 1.54) is 0 Å². The van der Waals surface area contributed by atoms with Gasteiger partial charge in [-0.25, -0.2) is 4.68 Å². The Hall–Kier alpha value is -4.44. The summed E-state index contributed by atoms with van der Waals surface area (Å²) in [6.07, 6.45) is 1.82. The minimum atomic E-state index is -0.136. The van der Waals surface area contributed by atoms with E-state index in [2.05, 4.69) is 0 Å². The second-order valence-electron chi connectivity index (χ2n) is 7.35. The predicted molar refractivity (Wildman–Crippen MR) is 128 cm³/mol. The molecular formula is C28H21N3O. The molecule has 0 aliphatic heterocycles. The maximum absolute atomic E-state index is 14.1. The van der Waals surface area contributed by atoms with Crippen LogP contribution >= 0.6 is 0 Å². The maximum atomic E-state index is 14.1. The minimum Gasteiger partial charge on any atom is -0.277 e. The summed E-state index contributed by atoms with van der Waals surface area (Å²) in [5.41, 5.74) is 4.58. The van der Waals surface area contributed by atoms with Crippen LogP contribution in [-0.2, 0) is 0 Å². The van der Waals surface area contributed by atoms with E-state index in [4.69, 9.17) is 5.10 Å². The van der Waals surface area contributed by atoms with Gasteiger partial charge < -0.3 is 0 Å². The SMILES string of the molecule is O=C(c1cn(-c2ccccc2)nc1-c1ccccc1)N(c1ccccc1)c1ccccc1. The third-order valence-corrected chi connectivity index (χ3v) is 5.24. The average Bonchev–Trinajstić information content (AvgIpc) is 3.32. The van der Waals surface area contributed by atoms with Crippen molar-refractivity contribution in [3.05, 3.63) is 133 Å². The van der Waals surface area contributed by atoms with Crippen LogP contribution < -0.4 is 4.90 Å². The van der Waals surface area contributed by atoms with Gasteiger partial charge in [-0.1, -0.05) is 84.9 Å². The highest BCUT2D eigenvalue weighted by atomic mass is 16.2. The zero-order valence-corrected chi connectivity index (χ0v) is 17.4. The normalized spacial score (nSPS) is 10.6. The van der Waals surface area contributed by atoms with Crippen LogP contribution in [0.2, 0.25) is 0 Å². The molecular weight excluding hydrogens is 394 g/mol. The van der Waals surface area contributed by atoms with Gasteiger partial charge in [-0.05, 0) is 36.4 Å². The zero-order chi connectivity index (χ0) is 21.8. The minimum absolute atomic E-state index is 0.136. The van der Waals surface area contributed by atoms with Gasteiger partial charge >= 0.3 is 0 Å². The van der Waals surface area contributed by atoms with Crippen molar-refractivity contribution in [2.24, 2.45) is 0 Å². The van der Waals surface area contributed by atoms with Crippen LogP contribution in [0.1, 0.15) is 10.4 Å². The summed E-state index contributed by atoms with van der Waals surface area (Å²) in [4.78, 5) is 15.8. The van der Waals surface area contributed by atoms with Gasteiger partial charge in [0.2, 0.25) is 0 Å². The molecule has 0 fully saturated rings. The first kappa shape index (κ1) is 19.5. The Kier molecular flexibility index (Phi) is 5.33. The number of benzene rings is 4. The van der Waals surface area contributed by atoms with Crippen LogP contribution in [-0.4, -0.2) is 15.7 Å². The van der Waals surface area contributed by atoms with Gasteiger partial charge in [-0.2, -0.15) is 5.10 Å². The summed E-state index contributed by atoms with van der Waals surface area (Å²) >= 11 is 0. The van der Waals surface area contributed by atoms with Gasteiger partial charge in [0.15, 0.2) is 0 Å². The Labute approximate surface area is 187 Å². The Bertz CT molecular complexity index is 1280. The van der Waals surface area contributed by atoms with Crippen molar-refractivity contribution in [2.75, 3.05) is 4.90 Å². The maximum Gasteiger partial charge on any atom is 0.266 e. The molecule has 4 heteroatoms. The summed E-state index contributed by atoms with van der Waals surface area (Å²) in [5.74, 6) is -0.136. The largest absolute Gasteiger partial charge is 0.277 e. The lowest BCUT2D eigenvalue weighted by Gasteiger charge is -2.23. The Balaban J connectivity index is 1.68. The first-order chi connectivity index (χ1) is 15.8. The summed E-state index contributed by atoms with van der Waals surface area (Å²) in [7, 11) is 0. The summed E-state index contributed by atoms with van der Waals surface area (Å²) in [6.45, 7) is 0. The molecule has 0 aliphatic carbocycles. The molecule has 1 heterocycles. The number of nitrogens with zero attached hydrogens (tertiary/aromatic N) is 3. The number of carbonyl (C=O) groups excluding carboxylic acids is 1. The third-order valence-electron chi connectivity index (χ3n) is 5.24. The number of rotatable bonds is 5. The molecule has 5 rings (SSSR count). The van der Waals surface area contributed by atoms with Crippen molar-refractivity contribution in [3.63, 3.8) is 0 Å². The van der Waals surface area contributed by atoms with Crippen molar-refractivity contribution in [1.82, 2.24) is 9.78 Å². The Morgan fingerprint density at radius 2 is 1.09 bits per heavy atom. The fourth-order valence-corrected chi connectivity index (χ4v) is 3.71. The molecule has 0 aliphatic rings. The van der Waals surface area contributed by atoms with Gasteiger partial charge in [-0.3, -0.25) is 9.69 Å². The highest BCUT2D eigenvalue weighted by Gasteiger charge is 2.25. The smallest absolute Gasteiger partial charge is 0.266 e. The first-order valence-corrected chi connectivity index (χ1v) is 10.5. The lowest BCUT2D eigenvalue weighted by Crippen LogP contribution is -2.26. The van der Waals surface area contributed by atoms with Gasteiger partial charge in [0.05, 0.1) is 11.3 Å². The van der Waals surface area contributed by atoms with Crippen molar-refractivity contribution in [1.29, 1.82) is 0 Å². The van der Waals surface area contributed by atoms with E-state index in [0.717, 1.165) is 22.6 Å². The molecule has 0 saturated heterocycles. The van der Waals surface area contributed by atoms with E-state index in [1.54, 1.807) is 9.58 Å². The molecule has 32 heavy (non-hydrogen) atoms. The van der Waals surface area contributed by atoms with E-state index >= 15 is 0 Å². The van der Waals surface area contributed by atoms with Gasteiger partial charge in [0.1, 0.15) is 5.69 Å². The van der Waals surface area contributed by atoms with E-state index in [-0.39, 0.29) is 5.91 Å². The van der Waals surface area contributed by atoms with Gasteiger partial charge in [0, 0.05) is 23.1 Å². The van der Waals surface area contributed by atoms with E-state index < -0.39 is 0 Å². The number of amides is 1. The summed E-state index contributed by atoms with van der Waals surface area (Å²) in [6, 6.07) is 39.0. The highest BCUT2D eigenvalue weighted by Crippen LogP contribution is 2.31. The number of aromatic nitrogens is 2. The molecule has 0 spiro atoms. The molecule has 1 aromatic heterocycles. The monoisotopic (exact) mass is 415 g/mol. The second kappa shape index (κ2) is 8.74. The molecule has 4 nitrogen and oxygen atoms in total. The van der Waals surface area contributed by atoms with Crippen LogP contribution in [0, 0.1) is 0 Å². The summed E-state index contributed by atoms with van der Waals surface area (Å²) in [5, 5.41) is 4.81. The Morgan fingerprint density at radius 1 is 0.625 bits per heavy atom. The van der Waals surface area contributed by atoms with Crippen molar-refractivity contribution < 1.29 is 4.79 Å². The Morgan fingerprint density at radius 3 is 1.62 bits per heavy atom. The topological polar surface area (TPSA) is 38.1 Å². The van der Waals surface area contributed by atoms with Crippen LogP contribution in [0.15, 0.2) is 128 Å². The van der Waals surface area contributed by atoms with Crippen molar-refractivity contribution in [3.8, 4) is 16.9 Å². The molecule has 0 saturated carbocycles. The molecule has 4 aromatic carbocycles. The quantitative estimate of drug-likeness (QED) is 0.328. The number of para-hydroxylation sites is 3. The molecule has 154 valence electrons. The molecule has 0 N–H and O–H groups in total. The van der Waals surface area contributed by atoms with Crippen molar-refractivity contribution in [2.45, 2.75) is 0 Å². The molecule has 0 atom stereocenters. The van der Waals surface area contributed by atoms with Crippen LogP contribution in [0.3, 0.4) is 0 Å². The number of anilines is 2. The molecule has 1 amide bonds. The van der Waals surface area contributed by atoms with Gasteiger partial charge in [-0.15, -0.1) is 0 Å². The van der Waals surface area contributed by atoms with Crippen LogP contribution in [0.25, 0.3) is 16.9 Å². The standard InChI is InChI=1S/C28H21N3O/c32-28(31(24-17-9-3-10-18-24)25-19-11-4-12-20-25)26-21-30(23-15-7-2-8-16-23)29-27(26)22-13-5-1-6-14-22/h1-21H. The van der Waals surface area contributed by atoms with E-state index in [9.17, 15) is 4.79 Å². The molecule has 0 unspecified atom stereocenters. The number of hydrogen-bond donors (Lipinski definition) is 0. The fourth-order valence-electron chi connectivity index (χ4n) is 3.71.